The Morgan fingerprint density at radius 2 is 1.96 bits per heavy atom. The summed E-state index contributed by atoms with van der Waals surface area (Å²) in [6.07, 6.45) is 4.33. The molecule has 1 amide bonds. The fourth-order valence-corrected chi connectivity index (χ4v) is 2.45. The Morgan fingerprint density at radius 3 is 2.50 bits per heavy atom. The lowest BCUT2D eigenvalue weighted by molar-refractivity contribution is -0.145. The van der Waals surface area contributed by atoms with Gasteiger partial charge in [-0.2, -0.15) is 5.10 Å². The Kier molecular flexibility index (Phi) is 6.12. The third kappa shape index (κ3) is 4.94. The average Bonchev–Trinajstić information content (AvgIpc) is 3.08. The second kappa shape index (κ2) is 8.29. The summed E-state index contributed by atoms with van der Waals surface area (Å²) in [4.78, 5) is 24.0. The molecule has 0 aliphatic carbocycles. The molecule has 2 aromatic rings. The predicted molar refractivity (Wildman–Crippen MR) is 90.7 cm³/mol. The number of esters is 1. The number of carbonyl (C=O) groups is 2. The fourth-order valence-electron chi connectivity index (χ4n) is 2.45. The molecule has 1 unspecified atom stereocenters. The first-order chi connectivity index (χ1) is 11.5. The van der Waals surface area contributed by atoms with Crippen molar-refractivity contribution in [3.05, 3.63) is 48.3 Å². The number of nitrogens with zero attached hydrogens (tertiary/aromatic N) is 2. The first-order valence-electron chi connectivity index (χ1n) is 7.95. The van der Waals surface area contributed by atoms with Crippen LogP contribution in [0, 0.1) is 5.92 Å². The predicted octanol–water partition coefficient (Wildman–Crippen LogP) is 2.12. The van der Waals surface area contributed by atoms with Crippen LogP contribution < -0.4 is 5.32 Å². The zero-order valence-corrected chi connectivity index (χ0v) is 14.2. The lowest BCUT2D eigenvalue weighted by Crippen LogP contribution is -2.43. The molecule has 1 N–H and O–H groups in total. The molecule has 1 heterocycles. The Bertz CT molecular complexity index is 663. The van der Waals surface area contributed by atoms with Gasteiger partial charge in [-0.25, -0.2) is 9.48 Å². The summed E-state index contributed by atoms with van der Waals surface area (Å²) in [7, 11) is 1.33. The zero-order chi connectivity index (χ0) is 17.5. The maximum Gasteiger partial charge on any atom is 0.328 e. The summed E-state index contributed by atoms with van der Waals surface area (Å²) in [5.74, 6) is -0.327. The fraction of sp³-hybridized carbons (Fsp3) is 0.389. The lowest BCUT2D eigenvalue weighted by Gasteiger charge is -2.18. The molecule has 6 nitrogen and oxygen atoms in total. The van der Waals surface area contributed by atoms with Crippen LogP contribution in [0.4, 0.5) is 0 Å². The van der Waals surface area contributed by atoms with Crippen LogP contribution in [0.3, 0.4) is 0 Å². The highest BCUT2D eigenvalue weighted by Gasteiger charge is 2.22. The Labute approximate surface area is 141 Å². The topological polar surface area (TPSA) is 73.2 Å². The van der Waals surface area contributed by atoms with E-state index in [4.69, 9.17) is 4.74 Å². The Morgan fingerprint density at radius 1 is 1.25 bits per heavy atom. The first kappa shape index (κ1) is 17.7. The van der Waals surface area contributed by atoms with Crippen molar-refractivity contribution < 1.29 is 14.3 Å². The molecular weight excluding hydrogens is 306 g/mol. The molecule has 1 atom stereocenters. The van der Waals surface area contributed by atoms with Crippen LogP contribution >= 0.6 is 0 Å². The van der Waals surface area contributed by atoms with Crippen LogP contribution in [0.1, 0.15) is 25.8 Å². The summed E-state index contributed by atoms with van der Waals surface area (Å²) in [5, 5.41) is 6.92. The van der Waals surface area contributed by atoms with Gasteiger partial charge >= 0.3 is 5.97 Å². The number of aromatic nitrogens is 2. The van der Waals surface area contributed by atoms with E-state index in [-0.39, 0.29) is 18.2 Å². The molecule has 0 bridgehead atoms. The summed E-state index contributed by atoms with van der Waals surface area (Å²) < 4.78 is 6.51. The van der Waals surface area contributed by atoms with E-state index in [0.29, 0.717) is 6.42 Å². The number of benzene rings is 1. The van der Waals surface area contributed by atoms with Gasteiger partial charge in [0.2, 0.25) is 5.91 Å². The van der Waals surface area contributed by atoms with Crippen molar-refractivity contribution in [2.75, 3.05) is 7.11 Å². The number of carbonyl (C=O) groups excluding carboxylic acids is 2. The Balaban J connectivity index is 1.96. The van der Waals surface area contributed by atoms with Crippen LogP contribution in [-0.4, -0.2) is 34.8 Å². The molecule has 0 saturated carbocycles. The summed E-state index contributed by atoms with van der Waals surface area (Å²) in [6, 6.07) is 8.82. The van der Waals surface area contributed by atoms with Gasteiger partial charge in [-0.15, -0.1) is 0 Å². The van der Waals surface area contributed by atoms with Gasteiger partial charge in [-0.05, 0) is 36.1 Å². The van der Waals surface area contributed by atoms with Gasteiger partial charge in [0.1, 0.15) is 6.04 Å². The molecule has 1 aromatic carbocycles. The second-order valence-corrected chi connectivity index (χ2v) is 6.07. The van der Waals surface area contributed by atoms with Gasteiger partial charge < -0.3 is 10.1 Å². The molecule has 24 heavy (non-hydrogen) atoms. The van der Waals surface area contributed by atoms with E-state index in [1.807, 2.05) is 50.4 Å². The summed E-state index contributed by atoms with van der Waals surface area (Å²) in [6.45, 7) is 3.99. The highest BCUT2D eigenvalue weighted by atomic mass is 16.5. The molecule has 0 aliphatic rings. The van der Waals surface area contributed by atoms with Crippen molar-refractivity contribution >= 4 is 11.9 Å². The minimum absolute atomic E-state index is 0.196. The highest BCUT2D eigenvalue weighted by Crippen LogP contribution is 2.10. The molecule has 0 fully saturated rings. The quantitative estimate of drug-likeness (QED) is 0.790. The Hall–Kier alpha value is -2.63. The number of hydrogen-bond acceptors (Lipinski definition) is 4. The van der Waals surface area contributed by atoms with Gasteiger partial charge in [-0.3, -0.25) is 4.79 Å². The minimum atomic E-state index is -0.606. The van der Waals surface area contributed by atoms with Gasteiger partial charge in [0, 0.05) is 12.4 Å². The minimum Gasteiger partial charge on any atom is -0.467 e. The molecule has 2 rings (SSSR count). The number of ether oxygens (including phenoxy) is 1. The van der Waals surface area contributed by atoms with Crippen molar-refractivity contribution in [1.82, 2.24) is 15.1 Å². The third-order valence-corrected chi connectivity index (χ3v) is 3.60. The van der Waals surface area contributed by atoms with E-state index in [9.17, 15) is 9.59 Å². The molecule has 6 heteroatoms. The molecule has 0 saturated heterocycles. The van der Waals surface area contributed by atoms with Crippen molar-refractivity contribution in [3.8, 4) is 5.69 Å². The van der Waals surface area contributed by atoms with E-state index in [1.165, 1.54) is 7.11 Å². The standard InChI is InChI=1S/C18H23N3O3/c1-13(2)11-16(18(23)24-3)20-17(22)12-14-5-7-15(8-6-14)21-10-4-9-19-21/h4-10,13,16H,11-12H2,1-3H3,(H,20,22). The SMILES string of the molecule is COC(=O)C(CC(C)C)NC(=O)Cc1ccc(-n2cccn2)cc1. The van der Waals surface area contributed by atoms with Gasteiger partial charge in [-0.1, -0.05) is 26.0 Å². The van der Waals surface area contributed by atoms with Gasteiger partial charge in [0.05, 0.1) is 19.2 Å². The maximum atomic E-state index is 12.2. The van der Waals surface area contributed by atoms with Crippen LogP contribution in [0.15, 0.2) is 42.7 Å². The average molecular weight is 329 g/mol. The first-order valence-corrected chi connectivity index (χ1v) is 7.95. The van der Waals surface area contributed by atoms with Crippen molar-refractivity contribution in [2.45, 2.75) is 32.7 Å². The summed E-state index contributed by atoms with van der Waals surface area (Å²) >= 11 is 0. The molecule has 1 aromatic heterocycles. The molecule has 0 spiro atoms. The van der Waals surface area contributed by atoms with E-state index >= 15 is 0 Å². The van der Waals surface area contributed by atoms with Crippen LogP contribution in [0.25, 0.3) is 5.69 Å². The largest absolute Gasteiger partial charge is 0.467 e. The second-order valence-electron chi connectivity index (χ2n) is 6.07. The monoisotopic (exact) mass is 329 g/mol. The smallest absolute Gasteiger partial charge is 0.328 e. The number of amides is 1. The number of methoxy groups -OCH3 is 1. The van der Waals surface area contributed by atoms with E-state index in [0.717, 1.165) is 11.3 Å². The molecule has 0 radical (unpaired) electrons. The normalized spacial score (nSPS) is 12.0. The molecule has 0 aliphatic heterocycles. The van der Waals surface area contributed by atoms with Crippen LogP contribution in [0.2, 0.25) is 0 Å². The lowest BCUT2D eigenvalue weighted by atomic mass is 10.0. The van der Waals surface area contributed by atoms with Crippen LogP contribution in [0.5, 0.6) is 0 Å². The zero-order valence-electron chi connectivity index (χ0n) is 14.2. The van der Waals surface area contributed by atoms with Crippen molar-refractivity contribution in [2.24, 2.45) is 5.92 Å². The van der Waals surface area contributed by atoms with Gasteiger partial charge in [0.15, 0.2) is 0 Å². The molecular formula is C18H23N3O3. The maximum absolute atomic E-state index is 12.2. The number of rotatable bonds is 7. The van der Waals surface area contributed by atoms with Crippen molar-refractivity contribution in [1.29, 1.82) is 0 Å². The van der Waals surface area contributed by atoms with E-state index in [1.54, 1.807) is 10.9 Å². The van der Waals surface area contributed by atoms with Gasteiger partial charge in [0.25, 0.3) is 0 Å². The van der Waals surface area contributed by atoms with E-state index in [2.05, 4.69) is 10.4 Å². The third-order valence-electron chi connectivity index (χ3n) is 3.60. The van der Waals surface area contributed by atoms with Crippen molar-refractivity contribution in [3.63, 3.8) is 0 Å². The van der Waals surface area contributed by atoms with E-state index < -0.39 is 12.0 Å². The van der Waals surface area contributed by atoms with Crippen LogP contribution in [-0.2, 0) is 20.7 Å². The number of nitrogens with one attached hydrogen (secondary N) is 1. The molecule has 128 valence electrons. The highest BCUT2D eigenvalue weighted by molar-refractivity contribution is 5.85. The summed E-state index contributed by atoms with van der Waals surface area (Å²) in [5.41, 5.74) is 1.80. The number of hydrogen-bond donors (Lipinski definition) is 1.